The van der Waals surface area contributed by atoms with Crippen LogP contribution in [-0.4, -0.2) is 50.8 Å². The topological polar surface area (TPSA) is 71.7 Å². The van der Waals surface area contributed by atoms with Gasteiger partial charge in [-0.1, -0.05) is 29.5 Å². The zero-order valence-corrected chi connectivity index (χ0v) is 19.1. The molecule has 2 saturated heterocycles. The number of amides is 1. The van der Waals surface area contributed by atoms with Crippen molar-refractivity contribution in [2.75, 3.05) is 13.1 Å². The van der Waals surface area contributed by atoms with Gasteiger partial charge < -0.3 is 14.1 Å². The molecule has 1 amide bonds. The molecular formula is C25H24N4O3S. The molecule has 2 fully saturated rings. The van der Waals surface area contributed by atoms with E-state index in [1.807, 2.05) is 47.6 Å². The van der Waals surface area contributed by atoms with Gasteiger partial charge in [0.15, 0.2) is 5.65 Å². The molecule has 168 valence electrons. The van der Waals surface area contributed by atoms with Crippen molar-refractivity contribution in [1.82, 2.24) is 19.8 Å². The number of aromatic nitrogens is 2. The van der Waals surface area contributed by atoms with Crippen molar-refractivity contribution in [3.8, 4) is 10.9 Å². The van der Waals surface area contributed by atoms with E-state index in [4.69, 9.17) is 9.15 Å². The first kappa shape index (κ1) is 20.4. The standard InChI is InChI=1S/C25H24N4O3S/c1-16(30)28-13-18-8-9-19(14-28)29(18)23(17-10-12-31-15-17)20-5-2-3-6-21(20)32-25-27-24-22(33-25)7-4-11-26-24/h2-7,10-12,15,18-19,23H,8-9,13-14H2,1H3. The van der Waals surface area contributed by atoms with Gasteiger partial charge in [-0.25, -0.2) is 4.98 Å². The number of carbonyl (C=O) groups is 1. The van der Waals surface area contributed by atoms with Gasteiger partial charge in [-0.3, -0.25) is 9.69 Å². The highest BCUT2D eigenvalue weighted by atomic mass is 32.1. The summed E-state index contributed by atoms with van der Waals surface area (Å²) in [7, 11) is 0. The van der Waals surface area contributed by atoms with Crippen molar-refractivity contribution < 1.29 is 13.9 Å². The fourth-order valence-corrected chi connectivity index (χ4v) is 6.03. The zero-order chi connectivity index (χ0) is 22.4. The van der Waals surface area contributed by atoms with Gasteiger partial charge in [-0.15, -0.1) is 0 Å². The number of benzene rings is 1. The molecule has 2 aliphatic heterocycles. The molecule has 33 heavy (non-hydrogen) atoms. The van der Waals surface area contributed by atoms with Crippen LogP contribution in [0.15, 0.2) is 65.6 Å². The molecule has 5 heterocycles. The van der Waals surface area contributed by atoms with E-state index >= 15 is 0 Å². The van der Waals surface area contributed by atoms with E-state index in [0.717, 1.165) is 47.5 Å². The first-order chi connectivity index (χ1) is 16.2. The quantitative estimate of drug-likeness (QED) is 0.424. The number of furan rings is 1. The van der Waals surface area contributed by atoms with E-state index in [1.165, 1.54) is 11.3 Å². The number of rotatable bonds is 5. The lowest BCUT2D eigenvalue weighted by Gasteiger charge is -2.45. The molecule has 0 radical (unpaired) electrons. The molecule has 4 aromatic rings. The Morgan fingerprint density at radius 2 is 1.97 bits per heavy atom. The average Bonchev–Trinajstić information content (AvgIpc) is 3.54. The monoisotopic (exact) mass is 460 g/mol. The van der Waals surface area contributed by atoms with E-state index in [-0.39, 0.29) is 11.9 Å². The highest BCUT2D eigenvalue weighted by Crippen LogP contribution is 2.44. The van der Waals surface area contributed by atoms with Crippen LogP contribution in [0.3, 0.4) is 0 Å². The Morgan fingerprint density at radius 1 is 1.15 bits per heavy atom. The molecule has 3 aromatic heterocycles. The second-order valence-electron chi connectivity index (χ2n) is 8.66. The van der Waals surface area contributed by atoms with E-state index in [2.05, 4.69) is 20.9 Å². The van der Waals surface area contributed by atoms with Crippen molar-refractivity contribution in [2.45, 2.75) is 37.9 Å². The Morgan fingerprint density at radius 3 is 2.70 bits per heavy atom. The maximum Gasteiger partial charge on any atom is 0.281 e. The predicted molar refractivity (Wildman–Crippen MR) is 125 cm³/mol. The fourth-order valence-electron chi connectivity index (χ4n) is 5.24. The number of carbonyl (C=O) groups excluding carboxylic acids is 1. The molecular weight excluding hydrogens is 436 g/mol. The summed E-state index contributed by atoms with van der Waals surface area (Å²) < 4.78 is 12.9. The maximum absolute atomic E-state index is 12.1. The Kier molecular flexibility index (Phi) is 5.11. The molecule has 2 bridgehead atoms. The molecule has 3 atom stereocenters. The second kappa shape index (κ2) is 8.28. The minimum absolute atomic E-state index is 0.0286. The molecule has 0 spiro atoms. The third-order valence-electron chi connectivity index (χ3n) is 6.70. The second-order valence-corrected chi connectivity index (χ2v) is 9.65. The number of para-hydroxylation sites is 1. The minimum Gasteiger partial charge on any atom is -0.472 e. The van der Waals surface area contributed by atoms with Crippen LogP contribution in [0.25, 0.3) is 10.3 Å². The minimum atomic E-state index is -0.0286. The van der Waals surface area contributed by atoms with E-state index in [1.54, 1.807) is 19.4 Å². The van der Waals surface area contributed by atoms with Crippen molar-refractivity contribution in [3.63, 3.8) is 0 Å². The molecule has 0 N–H and O–H groups in total. The summed E-state index contributed by atoms with van der Waals surface area (Å²) >= 11 is 1.49. The van der Waals surface area contributed by atoms with Gasteiger partial charge in [-0.2, -0.15) is 4.98 Å². The molecule has 1 aromatic carbocycles. The number of nitrogens with zero attached hydrogens (tertiary/aromatic N) is 4. The highest BCUT2D eigenvalue weighted by molar-refractivity contribution is 7.20. The zero-order valence-electron chi connectivity index (χ0n) is 18.3. The molecule has 7 nitrogen and oxygen atoms in total. The number of hydrogen-bond donors (Lipinski definition) is 0. The SMILES string of the molecule is CC(=O)N1CC2CCC(C1)N2C(c1ccoc1)c1ccccc1Oc1nc2ncccc2s1. The van der Waals surface area contributed by atoms with Crippen LogP contribution in [0, 0.1) is 0 Å². The van der Waals surface area contributed by atoms with Gasteiger partial charge in [0.2, 0.25) is 5.91 Å². The number of pyridine rings is 1. The predicted octanol–water partition coefficient (Wildman–Crippen LogP) is 4.86. The molecule has 0 saturated carbocycles. The van der Waals surface area contributed by atoms with Gasteiger partial charge in [0.1, 0.15) is 5.75 Å². The van der Waals surface area contributed by atoms with Crippen LogP contribution in [-0.2, 0) is 4.79 Å². The molecule has 3 unspecified atom stereocenters. The number of piperazine rings is 1. The number of ether oxygens (including phenoxy) is 1. The van der Waals surface area contributed by atoms with Crippen molar-refractivity contribution in [2.24, 2.45) is 0 Å². The van der Waals surface area contributed by atoms with E-state index in [9.17, 15) is 4.79 Å². The summed E-state index contributed by atoms with van der Waals surface area (Å²) in [5.74, 6) is 0.927. The molecule has 2 aliphatic rings. The van der Waals surface area contributed by atoms with E-state index < -0.39 is 0 Å². The Labute approximate surface area is 195 Å². The molecule has 8 heteroatoms. The average molecular weight is 461 g/mol. The smallest absolute Gasteiger partial charge is 0.281 e. The summed E-state index contributed by atoms with van der Waals surface area (Å²) in [6.07, 6.45) is 7.44. The summed E-state index contributed by atoms with van der Waals surface area (Å²) in [5.41, 5.74) is 2.85. The highest BCUT2D eigenvalue weighted by Gasteiger charge is 2.45. The van der Waals surface area contributed by atoms with Crippen molar-refractivity contribution in [1.29, 1.82) is 0 Å². The summed E-state index contributed by atoms with van der Waals surface area (Å²) in [4.78, 5) is 25.5. The first-order valence-electron chi connectivity index (χ1n) is 11.2. The number of likely N-dealkylation sites (tertiary alicyclic amines) is 1. The van der Waals surface area contributed by atoms with Crippen LogP contribution in [0.4, 0.5) is 0 Å². The molecule has 6 rings (SSSR count). The van der Waals surface area contributed by atoms with Crippen molar-refractivity contribution >= 4 is 27.6 Å². The third kappa shape index (κ3) is 3.69. The van der Waals surface area contributed by atoms with Crippen LogP contribution in [0.1, 0.15) is 36.9 Å². The lowest BCUT2D eigenvalue weighted by Crippen LogP contribution is -2.55. The van der Waals surface area contributed by atoms with Crippen molar-refractivity contribution in [3.05, 3.63) is 72.3 Å². The van der Waals surface area contributed by atoms with Crippen LogP contribution < -0.4 is 4.74 Å². The van der Waals surface area contributed by atoms with Gasteiger partial charge in [0.25, 0.3) is 5.19 Å². The Bertz CT molecular complexity index is 1240. The number of thiazole rings is 1. The van der Waals surface area contributed by atoms with Crippen LogP contribution in [0.2, 0.25) is 0 Å². The fraction of sp³-hybridized carbons (Fsp3) is 0.320. The number of hydrogen-bond acceptors (Lipinski definition) is 7. The Hall–Kier alpha value is -3.23. The lowest BCUT2D eigenvalue weighted by molar-refractivity contribution is -0.132. The van der Waals surface area contributed by atoms with Gasteiger partial charge in [-0.05, 0) is 37.1 Å². The van der Waals surface area contributed by atoms with Gasteiger partial charge >= 0.3 is 0 Å². The summed E-state index contributed by atoms with van der Waals surface area (Å²) in [6.45, 7) is 3.18. The van der Waals surface area contributed by atoms with Gasteiger partial charge in [0, 0.05) is 49.4 Å². The molecule has 0 aliphatic carbocycles. The summed E-state index contributed by atoms with van der Waals surface area (Å²) in [6, 6.07) is 14.6. The Balaban J connectivity index is 1.39. The largest absolute Gasteiger partial charge is 0.472 e. The normalized spacial score (nSPS) is 21.4. The number of fused-ring (bicyclic) bond motifs is 3. The van der Waals surface area contributed by atoms with Gasteiger partial charge in [0.05, 0.1) is 23.3 Å². The lowest BCUT2D eigenvalue weighted by atomic mass is 9.95. The summed E-state index contributed by atoms with van der Waals surface area (Å²) in [5, 5.41) is 0.575. The maximum atomic E-state index is 12.1. The van der Waals surface area contributed by atoms with E-state index in [0.29, 0.717) is 22.9 Å². The van der Waals surface area contributed by atoms with Crippen LogP contribution >= 0.6 is 11.3 Å². The first-order valence-corrected chi connectivity index (χ1v) is 12.0. The van der Waals surface area contributed by atoms with Crippen LogP contribution in [0.5, 0.6) is 10.9 Å². The third-order valence-corrected chi connectivity index (χ3v) is 7.59.